The van der Waals surface area contributed by atoms with Crippen molar-refractivity contribution in [3.05, 3.63) is 78.5 Å². The molecule has 3 fully saturated rings. The van der Waals surface area contributed by atoms with E-state index in [2.05, 4.69) is 61.9 Å². The average molecular weight is 914 g/mol. The minimum absolute atomic E-state index is 0.461. The first-order valence-electron chi connectivity index (χ1n) is 24.4. The van der Waals surface area contributed by atoms with Gasteiger partial charge in [-0.25, -0.2) is 4.98 Å². The Morgan fingerprint density at radius 1 is 0.597 bits per heavy atom. The second-order valence-corrected chi connectivity index (χ2v) is 15.6. The molecule has 8 nitrogen and oxygen atoms in total. The second-order valence-electron chi connectivity index (χ2n) is 12.7. The van der Waals surface area contributed by atoms with E-state index in [0.29, 0.717) is 0 Å². The Morgan fingerprint density at radius 2 is 1.11 bits per heavy atom. The fraction of sp³-hybridized carbons (Fsp3) is 0.731. The van der Waals surface area contributed by atoms with Crippen LogP contribution in [-0.2, 0) is 20.4 Å². The normalized spacial score (nSPS) is 16.2. The SMILES string of the molecule is CC.CC.CC.CC.CC.CC.CC.CC1=NOCC1.CC1CCOCC1.CC1CCS(=O)CC1.CC1CCSCC1.Cc1ccccn1.Cc1cccnc1.Cc1cocn1. The Bertz CT molecular complexity index is 1110. The van der Waals surface area contributed by atoms with Crippen LogP contribution in [0.5, 0.6) is 0 Å². The number of pyridine rings is 2. The number of oxazole rings is 1. The number of aromatic nitrogens is 3. The monoisotopic (exact) mass is 913 g/mol. The Kier molecular flexibility index (Phi) is 80.4. The standard InChI is InChI=1S/2C6H7N.C6H12OS.C6H12O.C6H12S.C4H5NO.C4H7NO.7C2H6/c1-6-3-2-4-7-5-6;1-6-4-2-3-5-7-6;1-6-2-4-8(7)5-3-6;2*1-6-2-4-7-5-3-6;1-4-2-6-3-5-4;1-4-2-3-6-5-4;7*1-2/h2*2-5H,1H3;6H,2-5H2,1H3;2*6H,2-5H2,1H3;2-3H,1H3;2-3H2,1H3;7*1-2H3. The van der Waals surface area contributed by atoms with Gasteiger partial charge in [-0.3, -0.25) is 14.2 Å². The van der Waals surface area contributed by atoms with Crippen LogP contribution in [0.1, 0.15) is 187 Å². The Hall–Kier alpha value is -2.56. The summed E-state index contributed by atoms with van der Waals surface area (Å²) in [5, 5.41) is 3.65. The van der Waals surface area contributed by atoms with E-state index in [1.807, 2.05) is 161 Å². The predicted octanol–water partition coefficient (Wildman–Crippen LogP) is 16.5. The van der Waals surface area contributed by atoms with Crippen molar-refractivity contribution < 1.29 is 18.2 Å². The number of thioether (sulfide) groups is 1. The molecule has 0 bridgehead atoms. The van der Waals surface area contributed by atoms with Gasteiger partial charge in [0.05, 0.1) is 11.4 Å². The van der Waals surface area contributed by atoms with Crippen molar-refractivity contribution in [3.8, 4) is 0 Å². The number of hydrogen-bond acceptors (Lipinski definition) is 9. The van der Waals surface area contributed by atoms with E-state index in [1.54, 1.807) is 18.7 Å². The summed E-state index contributed by atoms with van der Waals surface area (Å²) in [5.41, 5.74) is 4.31. The molecule has 0 radical (unpaired) electrons. The predicted molar refractivity (Wildman–Crippen MR) is 284 cm³/mol. The second kappa shape index (κ2) is 67.5. The first kappa shape index (κ1) is 73.8. The molecular formula is C52H104N4O4S2. The molecule has 368 valence electrons. The summed E-state index contributed by atoms with van der Waals surface area (Å²) < 4.78 is 20.5. The van der Waals surface area contributed by atoms with Gasteiger partial charge in [-0.05, 0) is 119 Å². The van der Waals surface area contributed by atoms with Gasteiger partial charge in [0.2, 0.25) is 0 Å². The van der Waals surface area contributed by atoms with Crippen LogP contribution < -0.4 is 0 Å². The molecule has 7 rings (SSSR count). The Morgan fingerprint density at radius 3 is 1.32 bits per heavy atom. The van der Waals surface area contributed by atoms with Crippen molar-refractivity contribution >= 4 is 28.3 Å². The van der Waals surface area contributed by atoms with E-state index >= 15 is 0 Å². The number of oxime groups is 1. The van der Waals surface area contributed by atoms with Gasteiger partial charge in [-0.15, -0.1) is 0 Å². The zero-order valence-electron chi connectivity index (χ0n) is 44.6. The molecule has 0 amide bonds. The van der Waals surface area contributed by atoms with Crippen molar-refractivity contribution in [2.24, 2.45) is 22.9 Å². The fourth-order valence-corrected chi connectivity index (χ4v) is 6.98. The molecule has 7 heterocycles. The third-order valence-corrected chi connectivity index (χ3v) is 10.1. The smallest absolute Gasteiger partial charge is 0.180 e. The molecule has 4 aliphatic heterocycles. The fourth-order valence-electron chi connectivity index (χ4n) is 4.11. The highest BCUT2D eigenvalue weighted by Crippen LogP contribution is 2.21. The number of rotatable bonds is 0. The van der Waals surface area contributed by atoms with Gasteiger partial charge < -0.3 is 14.0 Å². The van der Waals surface area contributed by atoms with Gasteiger partial charge in [0.15, 0.2) is 6.39 Å². The molecule has 0 saturated carbocycles. The molecule has 3 aromatic rings. The number of hydrogen-bond donors (Lipinski definition) is 0. The molecule has 0 aliphatic carbocycles. The Balaban J connectivity index is -0.000000109. The van der Waals surface area contributed by atoms with Gasteiger partial charge in [0, 0.05) is 66.2 Å². The maximum absolute atomic E-state index is 10.7. The van der Waals surface area contributed by atoms with Crippen molar-refractivity contribution in [3.63, 3.8) is 0 Å². The summed E-state index contributed by atoms with van der Waals surface area (Å²) in [6.45, 7) is 45.5. The van der Waals surface area contributed by atoms with Crippen LogP contribution >= 0.6 is 11.8 Å². The van der Waals surface area contributed by atoms with Crippen molar-refractivity contribution in [1.82, 2.24) is 15.0 Å². The molecule has 0 N–H and O–H groups in total. The maximum Gasteiger partial charge on any atom is 0.180 e. The summed E-state index contributed by atoms with van der Waals surface area (Å²) in [6.07, 6.45) is 17.2. The van der Waals surface area contributed by atoms with Gasteiger partial charge in [0.1, 0.15) is 12.9 Å². The lowest BCUT2D eigenvalue weighted by Gasteiger charge is -2.16. The summed E-state index contributed by atoms with van der Waals surface area (Å²) >= 11 is 2.10. The number of aryl methyl sites for hydroxylation is 3. The van der Waals surface area contributed by atoms with Crippen LogP contribution in [-0.4, -0.2) is 67.7 Å². The summed E-state index contributed by atoms with van der Waals surface area (Å²) in [5.74, 6) is 7.45. The van der Waals surface area contributed by atoms with Crippen molar-refractivity contribution in [2.75, 3.05) is 42.8 Å². The lowest BCUT2D eigenvalue weighted by Crippen LogP contribution is -2.15. The quantitative estimate of drug-likeness (QED) is 0.220. The van der Waals surface area contributed by atoms with Crippen LogP contribution in [0.15, 0.2) is 71.2 Å². The lowest BCUT2D eigenvalue weighted by molar-refractivity contribution is 0.0716. The van der Waals surface area contributed by atoms with E-state index in [1.165, 1.54) is 62.0 Å². The topological polar surface area (TPSA) is 99.7 Å². The summed E-state index contributed by atoms with van der Waals surface area (Å²) in [6, 6.07) is 9.80. The molecule has 0 atom stereocenters. The average Bonchev–Trinajstić information content (AvgIpc) is 4.05. The van der Waals surface area contributed by atoms with E-state index in [9.17, 15) is 4.21 Å². The molecule has 3 saturated heterocycles. The van der Waals surface area contributed by atoms with Gasteiger partial charge in [-0.1, -0.05) is 135 Å². The number of nitrogens with zero attached hydrogens (tertiary/aromatic N) is 4. The van der Waals surface area contributed by atoms with Crippen LogP contribution in [0.2, 0.25) is 0 Å². The third-order valence-electron chi connectivity index (χ3n) is 7.65. The molecule has 0 aromatic carbocycles. The highest BCUT2D eigenvalue weighted by atomic mass is 32.2. The molecule has 4 aliphatic rings. The van der Waals surface area contributed by atoms with Crippen LogP contribution in [0.3, 0.4) is 0 Å². The van der Waals surface area contributed by atoms with Gasteiger partial charge in [-0.2, -0.15) is 11.8 Å². The van der Waals surface area contributed by atoms with Crippen molar-refractivity contribution in [2.45, 2.75) is 190 Å². The zero-order chi connectivity index (χ0) is 49.2. The largest absolute Gasteiger partial charge is 0.452 e. The van der Waals surface area contributed by atoms with Gasteiger partial charge in [0.25, 0.3) is 0 Å². The maximum atomic E-state index is 10.7. The first-order valence-corrected chi connectivity index (χ1v) is 27.0. The molecule has 0 unspecified atom stereocenters. The van der Waals surface area contributed by atoms with Crippen LogP contribution in [0.4, 0.5) is 0 Å². The third kappa shape index (κ3) is 64.1. The molecular weight excluding hydrogens is 809 g/mol. The first-order chi connectivity index (χ1) is 30.2. The molecule has 62 heavy (non-hydrogen) atoms. The van der Waals surface area contributed by atoms with E-state index in [4.69, 9.17) is 4.74 Å². The molecule has 0 spiro atoms. The Labute approximate surface area is 394 Å². The molecule has 10 heteroatoms. The lowest BCUT2D eigenvalue weighted by atomic mass is 10.0. The zero-order valence-corrected chi connectivity index (χ0v) is 46.3. The number of ether oxygens (including phenoxy) is 1. The van der Waals surface area contributed by atoms with E-state index < -0.39 is 10.8 Å². The van der Waals surface area contributed by atoms with E-state index in [-0.39, 0.29) is 0 Å². The molecule has 3 aromatic heterocycles. The van der Waals surface area contributed by atoms with E-state index in [0.717, 1.165) is 72.6 Å². The van der Waals surface area contributed by atoms with Gasteiger partial charge >= 0.3 is 0 Å². The minimum Gasteiger partial charge on any atom is -0.452 e. The minimum atomic E-state index is -0.461. The highest BCUT2D eigenvalue weighted by molar-refractivity contribution is 7.99. The highest BCUT2D eigenvalue weighted by Gasteiger charge is 2.12. The summed E-state index contributed by atoms with van der Waals surface area (Å²) in [4.78, 5) is 16.3. The summed E-state index contributed by atoms with van der Waals surface area (Å²) in [7, 11) is -0.461. The van der Waals surface area contributed by atoms with Crippen molar-refractivity contribution in [1.29, 1.82) is 0 Å². The van der Waals surface area contributed by atoms with Crippen LogP contribution in [0, 0.1) is 38.5 Å². The van der Waals surface area contributed by atoms with Crippen LogP contribution in [0.25, 0.3) is 0 Å².